The zero-order chi connectivity index (χ0) is 11.1. The summed E-state index contributed by atoms with van der Waals surface area (Å²) in [4.78, 5) is 0. The van der Waals surface area contributed by atoms with E-state index in [2.05, 4.69) is 26.1 Å². The molecule has 1 saturated carbocycles. The van der Waals surface area contributed by atoms with Gasteiger partial charge in [0, 0.05) is 0 Å². The lowest BCUT2D eigenvalue weighted by Gasteiger charge is -2.22. The molecule has 0 aromatic heterocycles. The summed E-state index contributed by atoms with van der Waals surface area (Å²) >= 11 is 0. The van der Waals surface area contributed by atoms with Crippen molar-refractivity contribution in [2.75, 3.05) is 13.1 Å². The molecule has 0 radical (unpaired) electrons. The molecule has 0 aromatic rings. The number of nitrogens with one attached hydrogen (secondary N) is 1. The van der Waals surface area contributed by atoms with Crippen LogP contribution in [0.25, 0.3) is 0 Å². The number of hydrogen-bond donors (Lipinski definition) is 1. The van der Waals surface area contributed by atoms with Gasteiger partial charge in [0.2, 0.25) is 0 Å². The Labute approximate surface area is 96.0 Å². The molecule has 0 bridgehead atoms. The maximum Gasteiger partial charge on any atom is -0.00439 e. The van der Waals surface area contributed by atoms with Gasteiger partial charge in [-0.05, 0) is 37.3 Å². The molecular formula is C14H29N. The Bertz CT molecular complexity index is 151. The van der Waals surface area contributed by atoms with Crippen LogP contribution < -0.4 is 5.32 Å². The molecule has 1 aliphatic rings. The topological polar surface area (TPSA) is 12.0 Å². The Morgan fingerprint density at radius 1 is 1.00 bits per heavy atom. The quantitative estimate of drug-likeness (QED) is 0.678. The van der Waals surface area contributed by atoms with Crippen molar-refractivity contribution in [3.8, 4) is 0 Å². The summed E-state index contributed by atoms with van der Waals surface area (Å²) in [5.41, 5.74) is 0.484. The van der Waals surface area contributed by atoms with Crippen molar-refractivity contribution >= 4 is 0 Å². The van der Waals surface area contributed by atoms with Gasteiger partial charge in [0.15, 0.2) is 0 Å². The average Bonchev–Trinajstić information content (AvgIpc) is 2.17. The highest BCUT2D eigenvalue weighted by Crippen LogP contribution is 2.25. The fourth-order valence-electron chi connectivity index (χ4n) is 2.37. The zero-order valence-electron chi connectivity index (χ0n) is 10.9. The molecule has 1 heteroatoms. The highest BCUT2D eigenvalue weighted by atomic mass is 14.8. The first kappa shape index (κ1) is 13.0. The first-order valence-electron chi connectivity index (χ1n) is 6.79. The molecule has 0 heterocycles. The predicted molar refractivity (Wildman–Crippen MR) is 68.1 cm³/mol. The van der Waals surface area contributed by atoms with Crippen molar-refractivity contribution in [1.82, 2.24) is 5.32 Å². The van der Waals surface area contributed by atoms with Gasteiger partial charge in [0.25, 0.3) is 0 Å². The highest BCUT2D eigenvalue weighted by Gasteiger charge is 2.13. The average molecular weight is 211 g/mol. The van der Waals surface area contributed by atoms with Crippen LogP contribution in [0.15, 0.2) is 0 Å². The van der Waals surface area contributed by atoms with Gasteiger partial charge < -0.3 is 5.32 Å². The molecule has 1 fully saturated rings. The lowest BCUT2D eigenvalue weighted by Crippen LogP contribution is -2.23. The van der Waals surface area contributed by atoms with E-state index in [0.717, 1.165) is 5.92 Å². The summed E-state index contributed by atoms with van der Waals surface area (Å²) in [5, 5.41) is 3.59. The lowest BCUT2D eigenvalue weighted by atomic mass is 9.87. The summed E-state index contributed by atoms with van der Waals surface area (Å²) < 4.78 is 0. The van der Waals surface area contributed by atoms with Gasteiger partial charge in [-0.1, -0.05) is 52.9 Å². The van der Waals surface area contributed by atoms with E-state index >= 15 is 0 Å². The minimum atomic E-state index is 0.484. The molecule has 0 saturated heterocycles. The summed E-state index contributed by atoms with van der Waals surface area (Å²) in [6, 6.07) is 0. The smallest absolute Gasteiger partial charge is 0.00439 e. The van der Waals surface area contributed by atoms with Crippen LogP contribution >= 0.6 is 0 Å². The van der Waals surface area contributed by atoms with Gasteiger partial charge in [0.05, 0.1) is 0 Å². The van der Waals surface area contributed by atoms with Crippen LogP contribution in [0, 0.1) is 11.3 Å². The second kappa shape index (κ2) is 6.52. The van der Waals surface area contributed by atoms with Crippen LogP contribution in [0.2, 0.25) is 0 Å². The summed E-state index contributed by atoms with van der Waals surface area (Å²) in [6.45, 7) is 9.37. The first-order valence-corrected chi connectivity index (χ1v) is 6.79. The molecule has 90 valence electrons. The van der Waals surface area contributed by atoms with E-state index < -0.39 is 0 Å². The summed E-state index contributed by atoms with van der Waals surface area (Å²) in [5.74, 6) is 1.03. The van der Waals surface area contributed by atoms with E-state index in [0.29, 0.717) is 5.41 Å². The van der Waals surface area contributed by atoms with Crippen LogP contribution in [-0.2, 0) is 0 Å². The van der Waals surface area contributed by atoms with Crippen molar-refractivity contribution in [1.29, 1.82) is 0 Å². The Balaban J connectivity index is 1.92. The highest BCUT2D eigenvalue weighted by molar-refractivity contribution is 4.68. The molecule has 0 atom stereocenters. The Morgan fingerprint density at radius 2 is 1.67 bits per heavy atom. The summed E-state index contributed by atoms with van der Waals surface area (Å²) in [6.07, 6.45) is 10.1. The molecular weight excluding hydrogens is 182 g/mol. The second-order valence-corrected chi connectivity index (χ2v) is 6.35. The maximum absolute atomic E-state index is 3.59. The molecule has 0 aromatic carbocycles. The van der Waals surface area contributed by atoms with Crippen molar-refractivity contribution in [3.05, 3.63) is 0 Å². The Kier molecular flexibility index (Phi) is 5.66. The fourth-order valence-corrected chi connectivity index (χ4v) is 2.37. The molecule has 1 aliphatic carbocycles. The molecule has 1 nitrogen and oxygen atoms in total. The van der Waals surface area contributed by atoms with Crippen LogP contribution in [0.5, 0.6) is 0 Å². The second-order valence-electron chi connectivity index (χ2n) is 6.35. The molecule has 1 N–H and O–H groups in total. The number of hydrogen-bond acceptors (Lipinski definition) is 1. The predicted octanol–water partition coefficient (Wildman–Crippen LogP) is 3.98. The minimum absolute atomic E-state index is 0.484. The van der Waals surface area contributed by atoms with E-state index in [1.54, 1.807) is 0 Å². The van der Waals surface area contributed by atoms with Crippen LogP contribution in [0.1, 0.15) is 65.7 Å². The van der Waals surface area contributed by atoms with Gasteiger partial charge in [-0.2, -0.15) is 0 Å². The molecule has 0 unspecified atom stereocenters. The third-order valence-corrected chi connectivity index (χ3v) is 3.51. The first-order chi connectivity index (χ1) is 7.08. The number of rotatable bonds is 5. The van der Waals surface area contributed by atoms with Gasteiger partial charge in [-0.25, -0.2) is 0 Å². The standard InChI is InChI=1S/C14H29N/c1-14(2,3)10-12-15-11-9-13-7-5-4-6-8-13/h13,15H,4-12H2,1-3H3. The van der Waals surface area contributed by atoms with Crippen LogP contribution in [0.3, 0.4) is 0 Å². The monoisotopic (exact) mass is 211 g/mol. The largest absolute Gasteiger partial charge is 0.317 e. The lowest BCUT2D eigenvalue weighted by molar-refractivity contribution is 0.324. The summed E-state index contributed by atoms with van der Waals surface area (Å²) in [7, 11) is 0. The van der Waals surface area contributed by atoms with Crippen molar-refractivity contribution in [2.45, 2.75) is 65.7 Å². The third kappa shape index (κ3) is 6.94. The molecule has 0 spiro atoms. The maximum atomic E-state index is 3.59. The van der Waals surface area contributed by atoms with E-state index in [-0.39, 0.29) is 0 Å². The Hall–Kier alpha value is -0.0400. The third-order valence-electron chi connectivity index (χ3n) is 3.51. The van der Waals surface area contributed by atoms with Crippen LogP contribution in [-0.4, -0.2) is 13.1 Å². The SMILES string of the molecule is CC(C)(C)CCNCCC1CCCCC1. The zero-order valence-corrected chi connectivity index (χ0v) is 10.9. The molecule has 0 amide bonds. The van der Waals surface area contributed by atoms with Gasteiger partial charge in [0.1, 0.15) is 0 Å². The van der Waals surface area contributed by atoms with Crippen molar-refractivity contribution < 1.29 is 0 Å². The fraction of sp³-hybridized carbons (Fsp3) is 1.00. The Morgan fingerprint density at radius 3 is 2.27 bits per heavy atom. The van der Waals surface area contributed by atoms with E-state index in [1.165, 1.54) is 58.0 Å². The van der Waals surface area contributed by atoms with E-state index in [4.69, 9.17) is 0 Å². The van der Waals surface area contributed by atoms with Crippen molar-refractivity contribution in [2.24, 2.45) is 11.3 Å². The minimum Gasteiger partial charge on any atom is -0.317 e. The molecule has 1 rings (SSSR count). The van der Waals surface area contributed by atoms with Crippen LogP contribution in [0.4, 0.5) is 0 Å². The van der Waals surface area contributed by atoms with E-state index in [9.17, 15) is 0 Å². The van der Waals surface area contributed by atoms with Gasteiger partial charge >= 0.3 is 0 Å². The van der Waals surface area contributed by atoms with Gasteiger partial charge in [-0.15, -0.1) is 0 Å². The molecule has 15 heavy (non-hydrogen) atoms. The molecule has 0 aliphatic heterocycles. The van der Waals surface area contributed by atoms with Gasteiger partial charge in [-0.3, -0.25) is 0 Å². The van der Waals surface area contributed by atoms with Crippen molar-refractivity contribution in [3.63, 3.8) is 0 Å². The normalized spacial score (nSPS) is 19.4. The van der Waals surface area contributed by atoms with E-state index in [1.807, 2.05) is 0 Å².